The molecule has 1 aliphatic heterocycles. The average Bonchev–Trinajstić information content (AvgIpc) is 3.43. The summed E-state index contributed by atoms with van der Waals surface area (Å²) in [5.74, 6) is 0. The van der Waals surface area contributed by atoms with Crippen molar-refractivity contribution in [2.45, 2.75) is 39.4 Å². The largest absolute Gasteiger partial charge is 0.275 e. The number of para-hydroxylation sites is 1. The van der Waals surface area contributed by atoms with Gasteiger partial charge in [0, 0.05) is 6.54 Å². The zero-order valence-corrected chi connectivity index (χ0v) is 18.2. The van der Waals surface area contributed by atoms with Crippen LogP contribution in [0.1, 0.15) is 35.0 Å². The van der Waals surface area contributed by atoms with Crippen molar-refractivity contribution in [3.8, 4) is 5.69 Å². The van der Waals surface area contributed by atoms with Gasteiger partial charge in [-0.1, -0.05) is 24.3 Å². The first kappa shape index (κ1) is 18.7. The fourth-order valence-corrected chi connectivity index (χ4v) is 5.45. The highest BCUT2D eigenvalue weighted by atomic mass is 32.1. The summed E-state index contributed by atoms with van der Waals surface area (Å²) in [5, 5.41) is 5.81. The minimum atomic E-state index is 0.333. The maximum absolute atomic E-state index is 5.78. The van der Waals surface area contributed by atoms with Gasteiger partial charge in [0.1, 0.15) is 11.3 Å². The van der Waals surface area contributed by atoms with E-state index in [4.69, 9.17) is 17.2 Å². The van der Waals surface area contributed by atoms with Crippen LogP contribution in [0.4, 0.5) is 0 Å². The van der Waals surface area contributed by atoms with Gasteiger partial charge >= 0.3 is 0 Å². The van der Waals surface area contributed by atoms with Gasteiger partial charge in [-0.3, -0.25) is 9.47 Å². The molecular formula is C22H23N5S2. The number of hydrogen-bond acceptors (Lipinski definition) is 5. The summed E-state index contributed by atoms with van der Waals surface area (Å²) in [7, 11) is 0. The molecule has 5 nitrogen and oxygen atoms in total. The van der Waals surface area contributed by atoms with Crippen molar-refractivity contribution in [2.24, 2.45) is 0 Å². The minimum Gasteiger partial charge on any atom is -0.275 e. The van der Waals surface area contributed by atoms with E-state index in [1.807, 2.05) is 15.6 Å². The lowest BCUT2D eigenvalue weighted by Crippen LogP contribution is -2.27. The van der Waals surface area contributed by atoms with Gasteiger partial charge in [0.05, 0.1) is 28.6 Å². The van der Waals surface area contributed by atoms with Crippen molar-refractivity contribution < 1.29 is 0 Å². The Hall–Kier alpha value is -2.35. The molecule has 3 heterocycles. The van der Waals surface area contributed by atoms with Crippen LogP contribution in [-0.2, 0) is 6.67 Å². The second kappa shape index (κ2) is 7.48. The van der Waals surface area contributed by atoms with Crippen molar-refractivity contribution >= 4 is 33.8 Å². The van der Waals surface area contributed by atoms with Gasteiger partial charge in [0.25, 0.3) is 0 Å². The highest BCUT2D eigenvalue weighted by Gasteiger charge is 2.29. The van der Waals surface area contributed by atoms with Gasteiger partial charge in [0.15, 0.2) is 0 Å². The zero-order chi connectivity index (χ0) is 20.0. The van der Waals surface area contributed by atoms with E-state index in [-0.39, 0.29) is 0 Å². The molecule has 1 fully saturated rings. The molecule has 2 aromatic carbocycles. The molecule has 0 N–H and O–H groups in total. The van der Waals surface area contributed by atoms with E-state index in [1.165, 1.54) is 27.3 Å². The predicted molar refractivity (Wildman–Crippen MR) is 120 cm³/mol. The molecule has 1 atom stereocenters. The Kier molecular flexibility index (Phi) is 4.81. The molecular weight excluding hydrogens is 398 g/mol. The van der Waals surface area contributed by atoms with Crippen LogP contribution in [0.3, 0.4) is 0 Å². The number of aryl methyl sites for hydroxylation is 2. The molecule has 0 unspecified atom stereocenters. The number of fused-ring (bicyclic) bond motifs is 1. The van der Waals surface area contributed by atoms with Crippen LogP contribution in [0.25, 0.3) is 15.9 Å². The zero-order valence-electron chi connectivity index (χ0n) is 16.6. The smallest absolute Gasteiger partial charge is 0.203 e. The Balaban J connectivity index is 1.43. The Morgan fingerprint density at radius 1 is 1.17 bits per heavy atom. The molecule has 0 aliphatic carbocycles. The number of rotatable bonds is 4. The summed E-state index contributed by atoms with van der Waals surface area (Å²) >= 11 is 7.58. The fourth-order valence-electron chi connectivity index (χ4n) is 4.06. The van der Waals surface area contributed by atoms with Gasteiger partial charge in [-0.25, -0.2) is 9.67 Å². The van der Waals surface area contributed by atoms with Crippen LogP contribution < -0.4 is 0 Å². The lowest BCUT2D eigenvalue weighted by atomic mass is 10.1. The Labute approximate surface area is 179 Å². The van der Waals surface area contributed by atoms with Crippen molar-refractivity contribution in [1.82, 2.24) is 24.2 Å². The van der Waals surface area contributed by atoms with E-state index in [2.05, 4.69) is 66.3 Å². The van der Waals surface area contributed by atoms with Crippen LogP contribution in [0.2, 0.25) is 0 Å². The fraction of sp³-hybridized carbons (Fsp3) is 0.318. The quantitative estimate of drug-likeness (QED) is 0.412. The molecule has 0 saturated carbocycles. The summed E-state index contributed by atoms with van der Waals surface area (Å²) in [6.07, 6.45) is 4.14. The molecule has 0 radical (unpaired) electrons. The molecule has 4 aromatic rings. The first-order chi connectivity index (χ1) is 14.1. The van der Waals surface area contributed by atoms with Crippen LogP contribution in [0.5, 0.6) is 0 Å². The molecule has 0 bridgehead atoms. The Morgan fingerprint density at radius 2 is 2.03 bits per heavy atom. The topological polar surface area (TPSA) is 38.9 Å². The number of likely N-dealkylation sites (tertiary alicyclic amines) is 1. The van der Waals surface area contributed by atoms with E-state index >= 15 is 0 Å². The van der Waals surface area contributed by atoms with E-state index < -0.39 is 0 Å². The van der Waals surface area contributed by atoms with Crippen LogP contribution in [-0.4, -0.2) is 30.8 Å². The number of thiazole rings is 1. The summed E-state index contributed by atoms with van der Waals surface area (Å²) in [4.78, 5) is 7.35. The van der Waals surface area contributed by atoms with Gasteiger partial charge in [-0.15, -0.1) is 11.3 Å². The SMILES string of the molecule is Cc1ccc(C)c(-n2cnn(CN3CCC[C@H]3c3nc4ccccc4s3)c2=S)c1. The van der Waals surface area contributed by atoms with Crippen molar-refractivity contribution in [3.05, 3.63) is 69.7 Å². The van der Waals surface area contributed by atoms with Crippen LogP contribution in [0.15, 0.2) is 48.8 Å². The predicted octanol–water partition coefficient (Wildman–Crippen LogP) is 5.42. The van der Waals surface area contributed by atoms with Gasteiger partial charge in [0.2, 0.25) is 4.77 Å². The third kappa shape index (κ3) is 3.43. The van der Waals surface area contributed by atoms with Crippen molar-refractivity contribution in [1.29, 1.82) is 0 Å². The van der Waals surface area contributed by atoms with Gasteiger partial charge in [-0.05, 0) is 68.2 Å². The maximum atomic E-state index is 5.78. The monoisotopic (exact) mass is 421 g/mol. The highest BCUT2D eigenvalue weighted by molar-refractivity contribution is 7.71. The lowest BCUT2D eigenvalue weighted by molar-refractivity contribution is 0.190. The molecule has 1 aliphatic rings. The number of hydrogen-bond donors (Lipinski definition) is 0. The first-order valence-corrected chi connectivity index (χ1v) is 11.1. The molecule has 2 aromatic heterocycles. The third-order valence-electron chi connectivity index (χ3n) is 5.63. The molecule has 7 heteroatoms. The van der Waals surface area contributed by atoms with E-state index in [0.717, 1.165) is 28.9 Å². The standard InChI is InChI=1S/C22H23N5S2/c1-15-9-10-16(2)19(12-15)26-13-23-27(22(26)28)14-25-11-5-7-18(25)21-24-17-6-3-4-8-20(17)29-21/h3-4,6,8-10,12-13,18H,5,7,11,14H2,1-2H3/t18-/m0/s1. The summed E-state index contributed by atoms with van der Waals surface area (Å²) < 4.78 is 5.93. The molecule has 0 spiro atoms. The summed E-state index contributed by atoms with van der Waals surface area (Å²) in [5.41, 5.74) is 4.61. The molecule has 29 heavy (non-hydrogen) atoms. The first-order valence-electron chi connectivity index (χ1n) is 9.92. The number of aromatic nitrogens is 4. The second-order valence-electron chi connectivity index (χ2n) is 7.70. The Morgan fingerprint density at radius 3 is 2.90 bits per heavy atom. The van der Waals surface area contributed by atoms with Crippen LogP contribution in [0, 0.1) is 18.6 Å². The van der Waals surface area contributed by atoms with Crippen LogP contribution >= 0.6 is 23.6 Å². The molecule has 1 saturated heterocycles. The summed E-state index contributed by atoms with van der Waals surface area (Å²) in [6.45, 7) is 5.94. The average molecular weight is 422 g/mol. The van der Waals surface area contributed by atoms with Gasteiger partial charge in [-0.2, -0.15) is 5.10 Å². The van der Waals surface area contributed by atoms with Gasteiger partial charge < -0.3 is 0 Å². The molecule has 148 valence electrons. The van der Waals surface area contributed by atoms with E-state index in [9.17, 15) is 0 Å². The number of nitrogens with zero attached hydrogens (tertiary/aromatic N) is 5. The van der Waals surface area contributed by atoms with Crippen molar-refractivity contribution in [2.75, 3.05) is 6.54 Å². The number of benzene rings is 2. The molecule has 5 rings (SSSR count). The summed E-state index contributed by atoms with van der Waals surface area (Å²) in [6, 6.07) is 15.1. The normalized spacial score (nSPS) is 17.4. The third-order valence-corrected chi connectivity index (χ3v) is 7.18. The lowest BCUT2D eigenvalue weighted by Gasteiger charge is -2.22. The van der Waals surface area contributed by atoms with Crippen molar-refractivity contribution in [3.63, 3.8) is 0 Å². The minimum absolute atomic E-state index is 0.333. The maximum Gasteiger partial charge on any atom is 0.203 e. The van der Waals surface area contributed by atoms with E-state index in [1.54, 1.807) is 11.3 Å². The van der Waals surface area contributed by atoms with E-state index in [0.29, 0.717) is 12.7 Å². The molecule has 0 amide bonds. The second-order valence-corrected chi connectivity index (χ2v) is 9.13. The Bertz CT molecular complexity index is 1200. The highest BCUT2D eigenvalue weighted by Crippen LogP contribution is 2.36.